The Kier molecular flexibility index (Phi) is 4.89. The number of carbonyl (C=O) groups is 2. The van der Waals surface area contributed by atoms with Gasteiger partial charge in [-0.05, 0) is 25.7 Å². The molecule has 1 aliphatic rings. The lowest BCUT2D eigenvalue weighted by molar-refractivity contribution is -0.137. The molecule has 6 nitrogen and oxygen atoms in total. The molecule has 0 bridgehead atoms. The summed E-state index contributed by atoms with van der Waals surface area (Å²) in [6.45, 7) is 0.632. The topological polar surface area (TPSA) is 83.4 Å². The van der Waals surface area contributed by atoms with Crippen LogP contribution >= 0.6 is 11.6 Å². The summed E-state index contributed by atoms with van der Waals surface area (Å²) in [6.07, 6.45) is 6.01. The van der Waals surface area contributed by atoms with Crippen LogP contribution < -0.4 is 0 Å². The zero-order valence-corrected chi connectivity index (χ0v) is 11.7. The predicted molar refractivity (Wildman–Crippen MR) is 72.6 cm³/mol. The van der Waals surface area contributed by atoms with Crippen molar-refractivity contribution >= 4 is 23.5 Å². The van der Waals surface area contributed by atoms with E-state index in [9.17, 15) is 9.59 Å². The highest BCUT2D eigenvalue weighted by molar-refractivity contribution is 6.29. The Balaban J connectivity index is 2.08. The third-order valence-electron chi connectivity index (χ3n) is 3.42. The van der Waals surface area contributed by atoms with Crippen LogP contribution in [0.25, 0.3) is 0 Å². The molecule has 0 saturated carbocycles. The van der Waals surface area contributed by atoms with Gasteiger partial charge in [0.25, 0.3) is 5.91 Å². The van der Waals surface area contributed by atoms with Gasteiger partial charge in [0.1, 0.15) is 10.8 Å². The molecule has 1 saturated heterocycles. The van der Waals surface area contributed by atoms with E-state index in [1.54, 1.807) is 4.90 Å². The number of amides is 1. The second-order valence-electron chi connectivity index (χ2n) is 4.80. The van der Waals surface area contributed by atoms with Gasteiger partial charge >= 0.3 is 5.97 Å². The predicted octanol–water partition coefficient (Wildman–Crippen LogP) is 1.99. The fraction of sp³-hybridized carbons (Fsp3) is 0.538. The molecular weight excluding hydrogens is 282 g/mol. The normalized spacial score (nSPS) is 18.9. The van der Waals surface area contributed by atoms with Gasteiger partial charge in [-0.2, -0.15) is 0 Å². The molecule has 1 N–H and O–H groups in total. The molecule has 1 aromatic heterocycles. The average Bonchev–Trinajstić information content (AvgIpc) is 2.45. The van der Waals surface area contributed by atoms with Crippen LogP contribution in [0.15, 0.2) is 12.4 Å². The van der Waals surface area contributed by atoms with Gasteiger partial charge in [0, 0.05) is 19.0 Å². The summed E-state index contributed by atoms with van der Waals surface area (Å²) in [4.78, 5) is 32.6. The van der Waals surface area contributed by atoms with Crippen molar-refractivity contribution < 1.29 is 14.7 Å². The molecule has 0 radical (unpaired) electrons. The minimum absolute atomic E-state index is 0.0372. The Labute approximate surface area is 121 Å². The molecule has 0 aromatic carbocycles. The van der Waals surface area contributed by atoms with Crippen molar-refractivity contribution in [1.29, 1.82) is 0 Å². The van der Waals surface area contributed by atoms with Gasteiger partial charge < -0.3 is 10.0 Å². The molecule has 7 heteroatoms. The second-order valence-corrected chi connectivity index (χ2v) is 5.19. The maximum atomic E-state index is 12.4. The SMILES string of the molecule is O=C(O)CCC1CCCCN1C(=O)c1cnc(Cl)cn1. The van der Waals surface area contributed by atoms with Gasteiger partial charge in [-0.25, -0.2) is 9.97 Å². The van der Waals surface area contributed by atoms with Crippen LogP contribution in [0, 0.1) is 0 Å². The van der Waals surface area contributed by atoms with E-state index in [1.165, 1.54) is 12.4 Å². The average molecular weight is 298 g/mol. The number of nitrogens with zero attached hydrogens (tertiary/aromatic N) is 3. The first-order chi connectivity index (χ1) is 9.58. The van der Waals surface area contributed by atoms with Crippen LogP contribution in [0.4, 0.5) is 0 Å². The number of halogens is 1. The monoisotopic (exact) mass is 297 g/mol. The molecule has 1 atom stereocenters. The molecule has 2 heterocycles. The zero-order chi connectivity index (χ0) is 14.5. The van der Waals surface area contributed by atoms with Gasteiger partial charge in [-0.3, -0.25) is 9.59 Å². The van der Waals surface area contributed by atoms with Crippen molar-refractivity contribution in [2.75, 3.05) is 6.54 Å². The molecule has 0 spiro atoms. The summed E-state index contributed by atoms with van der Waals surface area (Å²) in [5, 5.41) is 9.01. The van der Waals surface area contributed by atoms with Crippen molar-refractivity contribution in [2.45, 2.75) is 38.1 Å². The van der Waals surface area contributed by atoms with Gasteiger partial charge in [-0.1, -0.05) is 11.6 Å². The van der Waals surface area contributed by atoms with E-state index >= 15 is 0 Å². The van der Waals surface area contributed by atoms with Crippen molar-refractivity contribution in [3.63, 3.8) is 0 Å². The lowest BCUT2D eigenvalue weighted by Gasteiger charge is -2.35. The molecule has 1 aromatic rings. The molecular formula is C13H16ClN3O3. The molecule has 108 valence electrons. The Morgan fingerprint density at radius 2 is 2.15 bits per heavy atom. The first-order valence-electron chi connectivity index (χ1n) is 6.58. The highest BCUT2D eigenvalue weighted by Gasteiger charge is 2.28. The van der Waals surface area contributed by atoms with Crippen molar-refractivity contribution in [3.05, 3.63) is 23.2 Å². The van der Waals surface area contributed by atoms with Crippen LogP contribution in [0.3, 0.4) is 0 Å². The molecule has 20 heavy (non-hydrogen) atoms. The number of carboxylic acids is 1. The largest absolute Gasteiger partial charge is 0.481 e. The number of carboxylic acid groups (broad SMARTS) is 1. The number of piperidine rings is 1. The first kappa shape index (κ1) is 14.7. The van der Waals surface area contributed by atoms with E-state index in [0.29, 0.717) is 13.0 Å². The van der Waals surface area contributed by atoms with Crippen LogP contribution in [0.2, 0.25) is 5.15 Å². The van der Waals surface area contributed by atoms with E-state index in [4.69, 9.17) is 16.7 Å². The summed E-state index contributed by atoms with van der Waals surface area (Å²) in [5.41, 5.74) is 0.247. The third-order valence-corrected chi connectivity index (χ3v) is 3.61. The third kappa shape index (κ3) is 3.66. The number of hydrogen-bond acceptors (Lipinski definition) is 4. The standard InChI is InChI=1S/C13H16ClN3O3/c14-11-8-15-10(7-16-11)13(20)17-6-2-1-3-9(17)4-5-12(18)19/h7-9H,1-6H2,(H,18,19). The first-order valence-corrected chi connectivity index (χ1v) is 6.96. The quantitative estimate of drug-likeness (QED) is 0.919. The fourth-order valence-corrected chi connectivity index (χ4v) is 2.53. The molecule has 1 unspecified atom stereocenters. The minimum Gasteiger partial charge on any atom is -0.481 e. The number of likely N-dealkylation sites (tertiary alicyclic amines) is 1. The highest BCUT2D eigenvalue weighted by Crippen LogP contribution is 2.22. The maximum absolute atomic E-state index is 12.4. The molecule has 1 fully saturated rings. The van der Waals surface area contributed by atoms with Crippen LogP contribution in [-0.2, 0) is 4.79 Å². The lowest BCUT2D eigenvalue weighted by atomic mass is 9.97. The van der Waals surface area contributed by atoms with Crippen molar-refractivity contribution in [2.24, 2.45) is 0 Å². The van der Waals surface area contributed by atoms with Crippen molar-refractivity contribution in [1.82, 2.24) is 14.9 Å². The van der Waals surface area contributed by atoms with Crippen LogP contribution in [-0.4, -0.2) is 44.4 Å². The summed E-state index contributed by atoms with van der Waals surface area (Å²) in [7, 11) is 0. The minimum atomic E-state index is -0.839. The van der Waals surface area contributed by atoms with Gasteiger partial charge in [0.15, 0.2) is 0 Å². The second kappa shape index (κ2) is 6.65. The Hall–Kier alpha value is -1.69. The van der Waals surface area contributed by atoms with Gasteiger partial charge in [-0.15, -0.1) is 0 Å². The summed E-state index contributed by atoms with van der Waals surface area (Å²) >= 11 is 5.65. The van der Waals surface area contributed by atoms with Crippen LogP contribution in [0.1, 0.15) is 42.6 Å². The fourth-order valence-electron chi connectivity index (χ4n) is 2.43. The van der Waals surface area contributed by atoms with E-state index in [-0.39, 0.29) is 29.2 Å². The smallest absolute Gasteiger partial charge is 0.303 e. The van der Waals surface area contributed by atoms with Crippen molar-refractivity contribution in [3.8, 4) is 0 Å². The Morgan fingerprint density at radius 1 is 1.35 bits per heavy atom. The Bertz CT molecular complexity index is 492. The van der Waals surface area contributed by atoms with Gasteiger partial charge in [0.2, 0.25) is 0 Å². The molecule has 2 rings (SSSR count). The Morgan fingerprint density at radius 3 is 2.80 bits per heavy atom. The molecule has 1 amide bonds. The summed E-state index contributed by atoms with van der Waals surface area (Å²) in [5.74, 6) is -1.04. The number of aliphatic carboxylic acids is 1. The number of rotatable bonds is 4. The molecule has 0 aliphatic carbocycles. The van der Waals surface area contributed by atoms with E-state index < -0.39 is 5.97 Å². The van der Waals surface area contributed by atoms with E-state index in [1.807, 2.05) is 0 Å². The number of hydrogen-bond donors (Lipinski definition) is 1. The number of aromatic nitrogens is 2. The van der Waals surface area contributed by atoms with E-state index in [2.05, 4.69) is 9.97 Å². The van der Waals surface area contributed by atoms with E-state index in [0.717, 1.165) is 19.3 Å². The summed E-state index contributed by atoms with van der Waals surface area (Å²) in [6, 6.07) is -0.0372. The highest BCUT2D eigenvalue weighted by atomic mass is 35.5. The zero-order valence-electron chi connectivity index (χ0n) is 11.0. The number of carbonyl (C=O) groups excluding carboxylic acids is 1. The van der Waals surface area contributed by atoms with Crippen LogP contribution in [0.5, 0.6) is 0 Å². The lowest BCUT2D eigenvalue weighted by Crippen LogP contribution is -2.44. The van der Waals surface area contributed by atoms with Gasteiger partial charge in [0.05, 0.1) is 12.4 Å². The maximum Gasteiger partial charge on any atom is 0.303 e. The molecule has 1 aliphatic heterocycles. The summed E-state index contributed by atoms with van der Waals surface area (Å²) < 4.78 is 0.